The Bertz CT molecular complexity index is 682. The molecule has 0 fully saturated rings. The number of rotatable bonds is 2. The Labute approximate surface area is 99.9 Å². The fourth-order valence-corrected chi connectivity index (χ4v) is 2.49. The molecule has 0 aliphatic carbocycles. The van der Waals surface area contributed by atoms with Gasteiger partial charge in [-0.3, -0.25) is 0 Å². The number of H-pyrrole nitrogens is 1. The lowest BCUT2D eigenvalue weighted by atomic mass is 10.0. The van der Waals surface area contributed by atoms with Crippen LogP contribution in [0.4, 0.5) is 0 Å². The molecule has 2 nitrogen and oxygen atoms in total. The molecule has 0 saturated carbocycles. The first-order valence-electron chi connectivity index (χ1n) is 6.02. The van der Waals surface area contributed by atoms with Gasteiger partial charge in [-0.05, 0) is 36.2 Å². The van der Waals surface area contributed by atoms with Crippen molar-refractivity contribution in [1.29, 1.82) is 0 Å². The number of benzene rings is 2. The zero-order valence-electron chi connectivity index (χ0n) is 9.83. The second kappa shape index (κ2) is 3.81. The van der Waals surface area contributed by atoms with Gasteiger partial charge < -0.3 is 10.1 Å². The molecule has 2 aromatic carbocycles. The van der Waals surface area contributed by atoms with Crippen LogP contribution in [0.1, 0.15) is 18.9 Å². The van der Waals surface area contributed by atoms with Crippen LogP contribution in [-0.4, -0.2) is 10.1 Å². The minimum atomic E-state index is 0.324. The van der Waals surface area contributed by atoms with Crippen molar-refractivity contribution < 1.29 is 5.11 Å². The summed E-state index contributed by atoms with van der Waals surface area (Å²) in [5.41, 5.74) is 3.58. The van der Waals surface area contributed by atoms with E-state index in [1.165, 1.54) is 10.9 Å². The number of aromatic amines is 1. The van der Waals surface area contributed by atoms with Crippen LogP contribution in [0.5, 0.6) is 5.75 Å². The first-order chi connectivity index (χ1) is 8.29. The minimum absolute atomic E-state index is 0.324. The van der Waals surface area contributed by atoms with E-state index in [9.17, 15) is 5.11 Å². The Hall–Kier alpha value is -1.96. The SMILES string of the molecule is CCCc1cccc2[nH]c3ccc(O)cc3c12. The smallest absolute Gasteiger partial charge is 0.116 e. The van der Waals surface area contributed by atoms with Crippen LogP contribution in [0.15, 0.2) is 36.4 Å². The molecule has 0 spiro atoms. The summed E-state index contributed by atoms with van der Waals surface area (Å²) in [6.45, 7) is 2.19. The maximum atomic E-state index is 9.61. The molecule has 0 aliphatic rings. The molecule has 1 heterocycles. The Balaban J connectivity index is 2.43. The molecule has 0 radical (unpaired) electrons. The maximum Gasteiger partial charge on any atom is 0.116 e. The fourth-order valence-electron chi connectivity index (χ4n) is 2.49. The molecule has 0 amide bonds. The number of fused-ring (bicyclic) bond motifs is 3. The molecular weight excluding hydrogens is 210 g/mol. The molecule has 86 valence electrons. The summed E-state index contributed by atoms with van der Waals surface area (Å²) in [5, 5.41) is 12.0. The summed E-state index contributed by atoms with van der Waals surface area (Å²) >= 11 is 0. The quantitative estimate of drug-likeness (QED) is 0.680. The second-order valence-electron chi connectivity index (χ2n) is 4.44. The number of aromatic hydroxyl groups is 1. The van der Waals surface area contributed by atoms with Crippen molar-refractivity contribution in [3.05, 3.63) is 42.0 Å². The highest BCUT2D eigenvalue weighted by Gasteiger charge is 2.08. The lowest BCUT2D eigenvalue weighted by Gasteiger charge is -2.01. The number of phenols is 1. The van der Waals surface area contributed by atoms with E-state index in [0.29, 0.717) is 5.75 Å². The zero-order chi connectivity index (χ0) is 11.8. The molecule has 3 aromatic rings. The highest BCUT2D eigenvalue weighted by atomic mass is 16.3. The third-order valence-electron chi connectivity index (χ3n) is 3.21. The summed E-state index contributed by atoms with van der Waals surface area (Å²) in [4.78, 5) is 3.39. The van der Waals surface area contributed by atoms with E-state index in [0.717, 1.165) is 29.3 Å². The summed E-state index contributed by atoms with van der Waals surface area (Å²) in [6, 6.07) is 11.8. The van der Waals surface area contributed by atoms with Gasteiger partial charge in [0.05, 0.1) is 0 Å². The Morgan fingerprint density at radius 2 is 2.00 bits per heavy atom. The monoisotopic (exact) mass is 225 g/mol. The molecule has 2 heteroatoms. The summed E-state index contributed by atoms with van der Waals surface area (Å²) < 4.78 is 0. The predicted octanol–water partition coefficient (Wildman–Crippen LogP) is 3.98. The van der Waals surface area contributed by atoms with Crippen LogP contribution in [0.3, 0.4) is 0 Å². The van der Waals surface area contributed by atoms with Crippen LogP contribution in [0.25, 0.3) is 21.8 Å². The lowest BCUT2D eigenvalue weighted by molar-refractivity contribution is 0.476. The van der Waals surface area contributed by atoms with Crippen LogP contribution >= 0.6 is 0 Å². The number of nitrogens with one attached hydrogen (secondary N) is 1. The van der Waals surface area contributed by atoms with Gasteiger partial charge >= 0.3 is 0 Å². The van der Waals surface area contributed by atoms with Gasteiger partial charge in [-0.15, -0.1) is 0 Å². The van der Waals surface area contributed by atoms with E-state index < -0.39 is 0 Å². The van der Waals surface area contributed by atoms with Crippen molar-refractivity contribution in [3.8, 4) is 5.75 Å². The first kappa shape index (κ1) is 10.2. The van der Waals surface area contributed by atoms with Gasteiger partial charge in [0.25, 0.3) is 0 Å². The Morgan fingerprint density at radius 1 is 1.12 bits per heavy atom. The van der Waals surface area contributed by atoms with Crippen molar-refractivity contribution in [2.24, 2.45) is 0 Å². The van der Waals surface area contributed by atoms with Crippen LogP contribution in [0, 0.1) is 0 Å². The van der Waals surface area contributed by atoms with Crippen molar-refractivity contribution in [3.63, 3.8) is 0 Å². The summed E-state index contributed by atoms with van der Waals surface area (Å²) in [6.07, 6.45) is 2.20. The van der Waals surface area contributed by atoms with Crippen LogP contribution in [0.2, 0.25) is 0 Å². The van der Waals surface area contributed by atoms with E-state index in [-0.39, 0.29) is 0 Å². The van der Waals surface area contributed by atoms with Gasteiger partial charge in [0.1, 0.15) is 5.75 Å². The zero-order valence-corrected chi connectivity index (χ0v) is 9.83. The van der Waals surface area contributed by atoms with Crippen molar-refractivity contribution in [2.75, 3.05) is 0 Å². The minimum Gasteiger partial charge on any atom is -0.508 e. The highest BCUT2D eigenvalue weighted by Crippen LogP contribution is 2.31. The molecule has 0 atom stereocenters. The summed E-state index contributed by atoms with van der Waals surface area (Å²) in [7, 11) is 0. The summed E-state index contributed by atoms with van der Waals surface area (Å²) in [5.74, 6) is 0.324. The van der Waals surface area contributed by atoms with Gasteiger partial charge in [0.2, 0.25) is 0 Å². The molecule has 0 unspecified atom stereocenters. The van der Waals surface area contributed by atoms with Gasteiger partial charge in [0, 0.05) is 21.8 Å². The normalized spacial score (nSPS) is 11.4. The molecule has 2 N–H and O–H groups in total. The average Bonchev–Trinajstić information content (AvgIpc) is 2.68. The van der Waals surface area contributed by atoms with Gasteiger partial charge in [0.15, 0.2) is 0 Å². The predicted molar refractivity (Wildman–Crippen MR) is 71.5 cm³/mol. The van der Waals surface area contributed by atoms with Gasteiger partial charge in [-0.2, -0.15) is 0 Å². The van der Waals surface area contributed by atoms with Gasteiger partial charge in [-0.1, -0.05) is 25.5 Å². The lowest BCUT2D eigenvalue weighted by Crippen LogP contribution is -1.83. The fraction of sp³-hybridized carbons (Fsp3) is 0.200. The maximum absolute atomic E-state index is 9.61. The third kappa shape index (κ3) is 1.57. The molecule has 0 saturated heterocycles. The third-order valence-corrected chi connectivity index (χ3v) is 3.21. The van der Waals surface area contributed by atoms with E-state index >= 15 is 0 Å². The molecule has 0 aliphatic heterocycles. The molecule has 17 heavy (non-hydrogen) atoms. The van der Waals surface area contributed by atoms with Gasteiger partial charge in [-0.25, -0.2) is 0 Å². The average molecular weight is 225 g/mol. The van der Waals surface area contributed by atoms with Crippen LogP contribution < -0.4 is 0 Å². The van der Waals surface area contributed by atoms with E-state index in [1.807, 2.05) is 12.1 Å². The van der Waals surface area contributed by atoms with Crippen molar-refractivity contribution in [1.82, 2.24) is 4.98 Å². The van der Waals surface area contributed by atoms with Crippen molar-refractivity contribution in [2.45, 2.75) is 19.8 Å². The number of hydrogen-bond donors (Lipinski definition) is 2. The van der Waals surface area contributed by atoms with E-state index in [1.54, 1.807) is 6.07 Å². The van der Waals surface area contributed by atoms with Crippen molar-refractivity contribution >= 4 is 21.8 Å². The number of aromatic nitrogens is 1. The molecular formula is C15H15NO. The highest BCUT2D eigenvalue weighted by molar-refractivity contribution is 6.09. The topological polar surface area (TPSA) is 36.0 Å². The molecule has 3 rings (SSSR count). The van der Waals surface area contributed by atoms with Crippen LogP contribution in [-0.2, 0) is 6.42 Å². The largest absolute Gasteiger partial charge is 0.508 e. The Kier molecular flexibility index (Phi) is 2.29. The first-order valence-corrected chi connectivity index (χ1v) is 6.02. The molecule has 0 bridgehead atoms. The number of hydrogen-bond acceptors (Lipinski definition) is 1. The molecule has 1 aromatic heterocycles. The number of aryl methyl sites for hydroxylation is 1. The van der Waals surface area contributed by atoms with E-state index in [4.69, 9.17) is 0 Å². The number of phenolic OH excluding ortho intramolecular Hbond substituents is 1. The Morgan fingerprint density at radius 3 is 2.82 bits per heavy atom. The standard InChI is InChI=1S/C15H15NO/c1-2-4-10-5-3-6-14-15(10)12-9-11(17)7-8-13(12)16-14/h3,5-9,16-17H,2,4H2,1H3. The van der Waals surface area contributed by atoms with E-state index in [2.05, 4.69) is 30.1 Å². The second-order valence-corrected chi connectivity index (χ2v) is 4.44.